The highest BCUT2D eigenvalue weighted by Gasteiger charge is 2.20. The number of nitrogens with one attached hydrogen (secondary N) is 1. The van der Waals surface area contributed by atoms with Crippen LogP contribution in [-0.2, 0) is 11.3 Å². The van der Waals surface area contributed by atoms with Crippen LogP contribution < -0.4 is 11.1 Å². The monoisotopic (exact) mass is 288 g/mol. The SMILES string of the molecule is O=C(Cn1c(=O)oc2ccccc21)N[C@@H]1C=C[C@H](CO)C1. The quantitative estimate of drug-likeness (QED) is 0.809. The van der Waals surface area contributed by atoms with Gasteiger partial charge in [-0.1, -0.05) is 24.3 Å². The van der Waals surface area contributed by atoms with Gasteiger partial charge >= 0.3 is 5.76 Å². The second-order valence-corrected chi connectivity index (χ2v) is 5.16. The summed E-state index contributed by atoms with van der Waals surface area (Å²) in [6.45, 7) is -0.00131. The fourth-order valence-corrected chi connectivity index (χ4v) is 2.58. The van der Waals surface area contributed by atoms with Gasteiger partial charge in [0.05, 0.1) is 5.52 Å². The van der Waals surface area contributed by atoms with Crippen LogP contribution in [0.5, 0.6) is 0 Å². The highest BCUT2D eigenvalue weighted by Crippen LogP contribution is 2.17. The molecular formula is C15H16N2O4. The van der Waals surface area contributed by atoms with E-state index >= 15 is 0 Å². The van der Waals surface area contributed by atoms with Gasteiger partial charge in [-0.3, -0.25) is 9.36 Å². The van der Waals surface area contributed by atoms with Crippen molar-refractivity contribution in [3.63, 3.8) is 0 Å². The molecule has 1 aliphatic rings. The first kappa shape index (κ1) is 13.6. The van der Waals surface area contributed by atoms with Gasteiger partial charge in [0.1, 0.15) is 6.54 Å². The van der Waals surface area contributed by atoms with Gasteiger partial charge in [-0.25, -0.2) is 4.79 Å². The molecule has 6 heteroatoms. The Balaban J connectivity index is 1.71. The van der Waals surface area contributed by atoms with Gasteiger partial charge in [-0.15, -0.1) is 0 Å². The molecule has 1 aliphatic carbocycles. The van der Waals surface area contributed by atoms with E-state index in [4.69, 9.17) is 9.52 Å². The molecule has 0 radical (unpaired) electrons. The van der Waals surface area contributed by atoms with Gasteiger partial charge in [-0.05, 0) is 18.6 Å². The summed E-state index contributed by atoms with van der Waals surface area (Å²) in [7, 11) is 0. The zero-order valence-corrected chi connectivity index (χ0v) is 11.4. The van der Waals surface area contributed by atoms with E-state index in [1.165, 1.54) is 4.57 Å². The first-order valence-electron chi connectivity index (χ1n) is 6.84. The number of benzene rings is 1. The number of nitrogens with zero attached hydrogens (tertiary/aromatic N) is 1. The third kappa shape index (κ3) is 2.75. The second kappa shape index (κ2) is 5.57. The molecule has 0 spiro atoms. The van der Waals surface area contributed by atoms with Crippen LogP contribution in [0.2, 0.25) is 0 Å². The summed E-state index contributed by atoms with van der Waals surface area (Å²) in [5, 5.41) is 11.9. The molecule has 1 aromatic carbocycles. The molecule has 1 aromatic heterocycles. The molecule has 1 amide bonds. The Morgan fingerprint density at radius 1 is 1.38 bits per heavy atom. The van der Waals surface area contributed by atoms with E-state index in [-0.39, 0.29) is 31.0 Å². The number of para-hydroxylation sites is 2. The molecule has 2 aromatic rings. The lowest BCUT2D eigenvalue weighted by Crippen LogP contribution is -2.36. The fourth-order valence-electron chi connectivity index (χ4n) is 2.58. The van der Waals surface area contributed by atoms with Crippen molar-refractivity contribution in [2.75, 3.05) is 6.61 Å². The molecule has 0 bridgehead atoms. The smallest absolute Gasteiger partial charge is 0.408 e. The highest BCUT2D eigenvalue weighted by atomic mass is 16.4. The number of aliphatic hydroxyl groups is 1. The maximum Gasteiger partial charge on any atom is 0.420 e. The van der Waals surface area contributed by atoms with Crippen molar-refractivity contribution in [2.45, 2.75) is 19.0 Å². The molecule has 2 atom stereocenters. The average Bonchev–Trinajstić information content (AvgIpc) is 3.04. The van der Waals surface area contributed by atoms with Gasteiger partial charge < -0.3 is 14.8 Å². The number of carbonyl (C=O) groups excluding carboxylic acids is 1. The van der Waals surface area contributed by atoms with Crippen molar-refractivity contribution in [3.8, 4) is 0 Å². The van der Waals surface area contributed by atoms with E-state index in [0.717, 1.165) is 0 Å². The van der Waals surface area contributed by atoms with E-state index < -0.39 is 5.76 Å². The Labute approximate surface area is 120 Å². The number of hydrogen-bond donors (Lipinski definition) is 2. The van der Waals surface area contributed by atoms with Crippen LogP contribution in [0.1, 0.15) is 6.42 Å². The van der Waals surface area contributed by atoms with E-state index in [1.807, 2.05) is 12.2 Å². The van der Waals surface area contributed by atoms with Gasteiger partial charge in [0.2, 0.25) is 5.91 Å². The largest absolute Gasteiger partial charge is 0.420 e. The summed E-state index contributed by atoms with van der Waals surface area (Å²) < 4.78 is 6.40. The second-order valence-electron chi connectivity index (χ2n) is 5.16. The van der Waals surface area contributed by atoms with Crippen LogP contribution in [0, 0.1) is 5.92 Å². The van der Waals surface area contributed by atoms with Gasteiger partial charge in [0.15, 0.2) is 5.58 Å². The van der Waals surface area contributed by atoms with Crippen molar-refractivity contribution < 1.29 is 14.3 Å². The lowest BCUT2D eigenvalue weighted by molar-refractivity contribution is -0.122. The van der Waals surface area contributed by atoms with Crippen LogP contribution in [-0.4, -0.2) is 28.2 Å². The lowest BCUT2D eigenvalue weighted by atomic mass is 10.1. The molecule has 21 heavy (non-hydrogen) atoms. The number of rotatable bonds is 4. The predicted molar refractivity (Wildman–Crippen MR) is 76.7 cm³/mol. The molecule has 0 saturated carbocycles. The van der Waals surface area contributed by atoms with Crippen LogP contribution in [0.4, 0.5) is 0 Å². The molecule has 110 valence electrons. The van der Waals surface area contributed by atoms with Crippen molar-refractivity contribution in [2.24, 2.45) is 5.92 Å². The minimum Gasteiger partial charge on any atom is -0.408 e. The molecule has 2 N–H and O–H groups in total. The predicted octanol–water partition coefficient (Wildman–Crippen LogP) is 0.648. The number of aromatic nitrogens is 1. The van der Waals surface area contributed by atoms with Gasteiger partial charge in [-0.2, -0.15) is 0 Å². The van der Waals surface area contributed by atoms with Crippen molar-refractivity contribution in [1.82, 2.24) is 9.88 Å². The molecule has 6 nitrogen and oxygen atoms in total. The average molecular weight is 288 g/mol. The van der Waals surface area contributed by atoms with Crippen molar-refractivity contribution >= 4 is 17.0 Å². The molecule has 0 unspecified atom stereocenters. The van der Waals surface area contributed by atoms with Gasteiger partial charge in [0.25, 0.3) is 0 Å². The number of carbonyl (C=O) groups is 1. The third-order valence-corrected chi connectivity index (χ3v) is 3.63. The zero-order valence-electron chi connectivity index (χ0n) is 11.4. The first-order chi connectivity index (χ1) is 10.2. The summed E-state index contributed by atoms with van der Waals surface area (Å²) >= 11 is 0. The number of fused-ring (bicyclic) bond motifs is 1. The molecule has 3 rings (SSSR count). The Kier molecular flexibility index (Phi) is 3.62. The molecule has 0 aliphatic heterocycles. The van der Waals surface area contributed by atoms with Gasteiger partial charge in [0, 0.05) is 18.6 Å². The highest BCUT2D eigenvalue weighted by molar-refractivity contribution is 5.79. The van der Waals surface area contributed by atoms with Crippen LogP contribution in [0.25, 0.3) is 11.1 Å². The Morgan fingerprint density at radius 2 is 2.19 bits per heavy atom. The molecule has 0 saturated heterocycles. The molecule has 0 fully saturated rings. The maximum atomic E-state index is 12.0. The van der Waals surface area contributed by atoms with E-state index in [0.29, 0.717) is 17.5 Å². The number of amides is 1. The molecule has 1 heterocycles. The number of oxazole rings is 1. The number of aliphatic hydroxyl groups excluding tert-OH is 1. The zero-order chi connectivity index (χ0) is 14.8. The van der Waals surface area contributed by atoms with Crippen molar-refractivity contribution in [1.29, 1.82) is 0 Å². The molecular weight excluding hydrogens is 272 g/mol. The minimum absolute atomic E-state index is 0.0781. The topological polar surface area (TPSA) is 84.5 Å². The normalized spacial score (nSPS) is 21.0. The lowest BCUT2D eigenvalue weighted by Gasteiger charge is -2.12. The Morgan fingerprint density at radius 3 is 2.95 bits per heavy atom. The summed E-state index contributed by atoms with van der Waals surface area (Å²) in [6.07, 6.45) is 4.45. The summed E-state index contributed by atoms with van der Waals surface area (Å²) in [6, 6.07) is 6.90. The van der Waals surface area contributed by atoms with E-state index in [9.17, 15) is 9.59 Å². The van der Waals surface area contributed by atoms with Crippen LogP contribution in [0.15, 0.2) is 45.6 Å². The van der Waals surface area contributed by atoms with E-state index in [2.05, 4.69) is 5.32 Å². The van der Waals surface area contributed by atoms with Crippen LogP contribution in [0.3, 0.4) is 0 Å². The standard InChI is InChI=1S/C15H16N2O4/c18-9-10-5-6-11(7-10)16-14(19)8-17-12-3-1-2-4-13(12)21-15(17)20/h1-6,10-11,18H,7-9H2,(H,16,19)/t10-,11+/m0/s1. The third-order valence-electron chi connectivity index (χ3n) is 3.63. The van der Waals surface area contributed by atoms with E-state index in [1.54, 1.807) is 24.3 Å². The Bertz CT molecular complexity index is 743. The van der Waals surface area contributed by atoms with Crippen molar-refractivity contribution in [3.05, 3.63) is 47.0 Å². The summed E-state index contributed by atoms with van der Waals surface area (Å²) in [5.41, 5.74) is 1.07. The fraction of sp³-hybridized carbons (Fsp3) is 0.333. The number of hydrogen-bond acceptors (Lipinski definition) is 4. The first-order valence-corrected chi connectivity index (χ1v) is 6.84. The Hall–Kier alpha value is -2.34. The summed E-state index contributed by atoms with van der Waals surface area (Å²) in [5.74, 6) is -0.703. The minimum atomic E-state index is -0.540. The van der Waals surface area contributed by atoms with Crippen LogP contribution >= 0.6 is 0 Å². The summed E-state index contributed by atoms with van der Waals surface area (Å²) in [4.78, 5) is 23.8. The maximum absolute atomic E-state index is 12.0.